The molecular formula is C11H11BrN2O2. The van der Waals surface area contributed by atoms with Gasteiger partial charge in [0.2, 0.25) is 0 Å². The molecule has 0 bridgehead atoms. The zero-order chi connectivity index (χ0) is 11.1. The van der Waals surface area contributed by atoms with Gasteiger partial charge in [-0.25, -0.2) is 4.79 Å². The monoisotopic (exact) mass is 282 g/mol. The summed E-state index contributed by atoms with van der Waals surface area (Å²) in [7, 11) is 0. The van der Waals surface area contributed by atoms with Gasteiger partial charge < -0.3 is 9.73 Å². The van der Waals surface area contributed by atoms with E-state index in [1.54, 1.807) is 4.57 Å². The molecule has 0 amide bonds. The summed E-state index contributed by atoms with van der Waals surface area (Å²) >= 11 is 3.41. The van der Waals surface area contributed by atoms with Gasteiger partial charge in [0.05, 0.1) is 11.6 Å². The Labute approximate surface area is 100 Å². The predicted octanol–water partition coefficient (Wildman–Crippen LogP) is 1.89. The minimum atomic E-state index is -0.262. The molecule has 84 valence electrons. The van der Waals surface area contributed by atoms with Gasteiger partial charge in [-0.2, -0.15) is 0 Å². The fourth-order valence-corrected chi connectivity index (χ4v) is 2.56. The molecule has 1 aromatic heterocycles. The average molecular weight is 283 g/mol. The van der Waals surface area contributed by atoms with Crippen LogP contribution in [0.2, 0.25) is 0 Å². The number of oxazole rings is 1. The fraction of sp³-hybridized carbons (Fsp3) is 0.364. The predicted molar refractivity (Wildman–Crippen MR) is 64.7 cm³/mol. The molecule has 1 fully saturated rings. The van der Waals surface area contributed by atoms with Gasteiger partial charge in [0.15, 0.2) is 5.58 Å². The second kappa shape index (κ2) is 3.75. The summed E-state index contributed by atoms with van der Waals surface area (Å²) < 4.78 is 7.93. The van der Waals surface area contributed by atoms with Gasteiger partial charge in [-0.1, -0.05) is 15.9 Å². The van der Waals surface area contributed by atoms with Crippen LogP contribution in [0.1, 0.15) is 12.5 Å². The van der Waals surface area contributed by atoms with Crippen molar-refractivity contribution in [3.63, 3.8) is 0 Å². The number of hydrogen-bond acceptors (Lipinski definition) is 3. The number of aromatic nitrogens is 1. The van der Waals surface area contributed by atoms with Crippen LogP contribution in [-0.4, -0.2) is 17.7 Å². The van der Waals surface area contributed by atoms with Crippen molar-refractivity contribution in [3.8, 4) is 0 Å². The first-order valence-electron chi connectivity index (χ1n) is 5.27. The maximum Gasteiger partial charge on any atom is 0.420 e. The van der Waals surface area contributed by atoms with Crippen LogP contribution < -0.4 is 11.1 Å². The molecule has 5 heteroatoms. The largest absolute Gasteiger partial charge is 0.420 e. The molecule has 1 aliphatic heterocycles. The van der Waals surface area contributed by atoms with Crippen molar-refractivity contribution >= 4 is 27.0 Å². The molecule has 1 aliphatic rings. The molecule has 4 nitrogen and oxygen atoms in total. The Morgan fingerprint density at radius 2 is 2.38 bits per heavy atom. The first-order valence-corrected chi connectivity index (χ1v) is 6.06. The van der Waals surface area contributed by atoms with E-state index in [1.165, 1.54) is 0 Å². The zero-order valence-corrected chi connectivity index (χ0v) is 10.2. The molecular weight excluding hydrogens is 272 g/mol. The SMILES string of the molecule is O=c1oc2ccc(Br)cc2n1C1CCNC1. The number of hydrogen-bond donors (Lipinski definition) is 1. The average Bonchev–Trinajstić information content (AvgIpc) is 2.83. The third-order valence-electron chi connectivity index (χ3n) is 2.97. The molecule has 0 radical (unpaired) electrons. The first-order chi connectivity index (χ1) is 7.75. The van der Waals surface area contributed by atoms with Crippen LogP contribution in [0.4, 0.5) is 0 Å². The van der Waals surface area contributed by atoms with Crippen molar-refractivity contribution in [3.05, 3.63) is 33.2 Å². The molecule has 2 aromatic rings. The maximum atomic E-state index is 11.8. The Balaban J connectivity index is 2.25. The summed E-state index contributed by atoms with van der Waals surface area (Å²) in [6.07, 6.45) is 0.973. The summed E-state index contributed by atoms with van der Waals surface area (Å²) in [4.78, 5) is 11.8. The summed E-state index contributed by atoms with van der Waals surface area (Å²) in [5, 5.41) is 3.25. The fourth-order valence-electron chi connectivity index (χ4n) is 2.21. The van der Waals surface area contributed by atoms with Gasteiger partial charge in [0, 0.05) is 11.0 Å². The molecule has 0 spiro atoms. The number of halogens is 1. The molecule has 3 rings (SSSR count). The van der Waals surface area contributed by atoms with E-state index < -0.39 is 0 Å². The highest BCUT2D eigenvalue weighted by Gasteiger charge is 2.21. The van der Waals surface area contributed by atoms with Crippen molar-refractivity contribution in [1.82, 2.24) is 9.88 Å². The molecule has 1 atom stereocenters. The van der Waals surface area contributed by atoms with Crippen molar-refractivity contribution in [1.29, 1.82) is 0 Å². The Kier molecular flexibility index (Phi) is 2.37. The lowest BCUT2D eigenvalue weighted by molar-refractivity contribution is 0.459. The number of fused-ring (bicyclic) bond motifs is 1. The van der Waals surface area contributed by atoms with Crippen LogP contribution in [0.5, 0.6) is 0 Å². The quantitative estimate of drug-likeness (QED) is 0.869. The lowest BCUT2D eigenvalue weighted by atomic mass is 10.2. The standard InChI is InChI=1S/C11H11BrN2O2/c12-7-1-2-10-9(5-7)14(11(15)16-10)8-3-4-13-6-8/h1-2,5,8,13H,3-4,6H2. The summed E-state index contributed by atoms with van der Waals surface area (Å²) in [6, 6.07) is 5.84. The molecule has 0 saturated carbocycles. The lowest BCUT2D eigenvalue weighted by Gasteiger charge is -2.08. The molecule has 16 heavy (non-hydrogen) atoms. The number of rotatable bonds is 1. The van der Waals surface area contributed by atoms with E-state index in [-0.39, 0.29) is 11.8 Å². The summed E-state index contributed by atoms with van der Waals surface area (Å²) in [5.74, 6) is -0.262. The maximum absolute atomic E-state index is 11.8. The van der Waals surface area contributed by atoms with Gasteiger partial charge in [-0.15, -0.1) is 0 Å². The second-order valence-corrected chi connectivity index (χ2v) is 4.91. The smallest absolute Gasteiger partial charge is 0.408 e. The number of nitrogens with one attached hydrogen (secondary N) is 1. The molecule has 1 saturated heterocycles. The first kappa shape index (κ1) is 10.1. The van der Waals surface area contributed by atoms with Crippen LogP contribution in [0, 0.1) is 0 Å². The molecule has 2 heterocycles. The van der Waals surface area contributed by atoms with E-state index in [9.17, 15) is 4.79 Å². The van der Waals surface area contributed by atoms with Gasteiger partial charge in [0.25, 0.3) is 0 Å². The summed E-state index contributed by atoms with van der Waals surface area (Å²) in [5.41, 5.74) is 1.52. The van der Waals surface area contributed by atoms with Crippen LogP contribution in [-0.2, 0) is 0 Å². The Morgan fingerprint density at radius 3 is 3.12 bits per heavy atom. The van der Waals surface area contributed by atoms with Crippen molar-refractivity contribution in [2.75, 3.05) is 13.1 Å². The second-order valence-electron chi connectivity index (χ2n) is 4.00. The van der Waals surface area contributed by atoms with E-state index in [2.05, 4.69) is 21.2 Å². The van der Waals surface area contributed by atoms with Gasteiger partial charge in [-0.05, 0) is 31.2 Å². The Bertz CT molecular complexity index is 581. The van der Waals surface area contributed by atoms with Crippen molar-refractivity contribution in [2.45, 2.75) is 12.5 Å². The Hall–Kier alpha value is -1.07. The molecule has 1 unspecified atom stereocenters. The third-order valence-corrected chi connectivity index (χ3v) is 3.47. The van der Waals surface area contributed by atoms with Gasteiger partial charge in [0.1, 0.15) is 0 Å². The van der Waals surface area contributed by atoms with Crippen LogP contribution in [0.15, 0.2) is 31.9 Å². The highest BCUT2D eigenvalue weighted by molar-refractivity contribution is 9.10. The van der Waals surface area contributed by atoms with Gasteiger partial charge in [-0.3, -0.25) is 4.57 Å². The number of nitrogens with zero attached hydrogens (tertiary/aromatic N) is 1. The molecule has 1 N–H and O–H groups in total. The lowest BCUT2D eigenvalue weighted by Crippen LogP contribution is -2.22. The van der Waals surface area contributed by atoms with Gasteiger partial charge >= 0.3 is 5.76 Å². The van der Waals surface area contributed by atoms with Crippen molar-refractivity contribution in [2.24, 2.45) is 0 Å². The minimum absolute atomic E-state index is 0.211. The van der Waals surface area contributed by atoms with Crippen molar-refractivity contribution < 1.29 is 4.42 Å². The molecule has 0 aliphatic carbocycles. The van der Waals surface area contributed by atoms with E-state index >= 15 is 0 Å². The van der Waals surface area contributed by atoms with E-state index in [0.29, 0.717) is 5.58 Å². The van der Waals surface area contributed by atoms with E-state index in [1.807, 2.05) is 18.2 Å². The number of benzene rings is 1. The topological polar surface area (TPSA) is 47.2 Å². The van der Waals surface area contributed by atoms with E-state index in [0.717, 1.165) is 29.5 Å². The minimum Gasteiger partial charge on any atom is -0.408 e. The highest BCUT2D eigenvalue weighted by Crippen LogP contribution is 2.23. The summed E-state index contributed by atoms with van der Waals surface area (Å²) in [6.45, 7) is 1.79. The third kappa shape index (κ3) is 1.51. The van der Waals surface area contributed by atoms with E-state index in [4.69, 9.17) is 4.42 Å². The van der Waals surface area contributed by atoms with Crippen LogP contribution in [0.25, 0.3) is 11.1 Å². The van der Waals surface area contributed by atoms with Crippen LogP contribution in [0.3, 0.4) is 0 Å². The molecule has 1 aromatic carbocycles. The van der Waals surface area contributed by atoms with Crippen LogP contribution >= 0.6 is 15.9 Å². The normalized spacial score (nSPS) is 20.7. The zero-order valence-electron chi connectivity index (χ0n) is 8.57. The Morgan fingerprint density at radius 1 is 1.50 bits per heavy atom. The highest BCUT2D eigenvalue weighted by atomic mass is 79.9.